The van der Waals surface area contributed by atoms with Crippen LogP contribution in [0.1, 0.15) is 34.1 Å². The van der Waals surface area contributed by atoms with E-state index in [1.807, 2.05) is 6.92 Å². The monoisotopic (exact) mass is 295 g/mol. The van der Waals surface area contributed by atoms with Gasteiger partial charge in [-0.2, -0.15) is 5.26 Å². The lowest BCUT2D eigenvalue weighted by molar-refractivity contribution is -0.148. The molecule has 1 fully saturated rings. The van der Waals surface area contributed by atoms with Crippen LogP contribution in [0.5, 0.6) is 0 Å². The zero-order valence-corrected chi connectivity index (χ0v) is 13.5. The van der Waals surface area contributed by atoms with E-state index in [-0.39, 0.29) is 12.5 Å². The molecule has 1 aliphatic heterocycles. The van der Waals surface area contributed by atoms with Crippen LogP contribution < -0.4 is 0 Å². The van der Waals surface area contributed by atoms with Crippen molar-refractivity contribution in [1.29, 1.82) is 5.26 Å². The molecule has 118 valence electrons. The van der Waals surface area contributed by atoms with Crippen molar-refractivity contribution in [2.75, 3.05) is 20.1 Å². The van der Waals surface area contributed by atoms with Gasteiger partial charge in [-0.3, -0.25) is 9.59 Å². The molecule has 0 aromatic carbocycles. The highest BCUT2D eigenvalue weighted by molar-refractivity contribution is 5.87. The van der Waals surface area contributed by atoms with Crippen LogP contribution in [-0.2, 0) is 9.59 Å². The number of carbonyl (C=O) groups is 2. The molecule has 2 amide bonds. The van der Waals surface area contributed by atoms with E-state index in [2.05, 4.69) is 6.07 Å². The van der Waals surface area contributed by atoms with Crippen LogP contribution in [0.3, 0.4) is 0 Å². The van der Waals surface area contributed by atoms with Gasteiger partial charge in [0, 0.05) is 13.6 Å². The molecule has 0 aliphatic carbocycles. The van der Waals surface area contributed by atoms with Crippen molar-refractivity contribution in [1.82, 2.24) is 9.80 Å². The molecular weight excluding hydrogens is 270 g/mol. The fourth-order valence-corrected chi connectivity index (χ4v) is 2.39. The quantitative estimate of drug-likeness (QED) is 0.827. The van der Waals surface area contributed by atoms with Crippen LogP contribution >= 0.6 is 0 Å². The molecule has 3 atom stereocenters. The molecule has 0 bridgehead atoms. The Morgan fingerprint density at radius 3 is 2.52 bits per heavy atom. The van der Waals surface area contributed by atoms with Gasteiger partial charge in [0.15, 0.2) is 0 Å². The number of nitriles is 1. The largest absolute Gasteiger partial charge is 0.383 e. The van der Waals surface area contributed by atoms with Crippen LogP contribution in [0.15, 0.2) is 0 Å². The Hall–Kier alpha value is -1.61. The van der Waals surface area contributed by atoms with E-state index < -0.39 is 23.5 Å². The minimum absolute atomic E-state index is 0.114. The van der Waals surface area contributed by atoms with E-state index in [1.165, 1.54) is 16.8 Å². The van der Waals surface area contributed by atoms with Gasteiger partial charge in [0.25, 0.3) is 5.91 Å². The Morgan fingerprint density at radius 1 is 1.48 bits per heavy atom. The molecule has 6 heteroatoms. The van der Waals surface area contributed by atoms with Gasteiger partial charge in [0.2, 0.25) is 5.91 Å². The van der Waals surface area contributed by atoms with Gasteiger partial charge in [-0.1, -0.05) is 27.7 Å². The maximum absolute atomic E-state index is 12.2. The Bertz CT molecular complexity index is 450. The van der Waals surface area contributed by atoms with Gasteiger partial charge in [0.1, 0.15) is 12.1 Å². The number of likely N-dealkylation sites (N-methyl/N-ethyl adjacent to an activating group) is 1. The molecule has 0 radical (unpaired) electrons. The van der Waals surface area contributed by atoms with Crippen molar-refractivity contribution < 1.29 is 14.7 Å². The van der Waals surface area contributed by atoms with Gasteiger partial charge >= 0.3 is 0 Å². The van der Waals surface area contributed by atoms with Crippen LogP contribution in [-0.4, -0.2) is 59.0 Å². The number of amides is 2. The van der Waals surface area contributed by atoms with Gasteiger partial charge in [-0.05, 0) is 17.8 Å². The van der Waals surface area contributed by atoms with E-state index in [4.69, 9.17) is 5.26 Å². The summed E-state index contributed by atoms with van der Waals surface area (Å²) in [5, 5.41) is 19.1. The summed E-state index contributed by atoms with van der Waals surface area (Å²) in [5.74, 6) is -0.431. The summed E-state index contributed by atoms with van der Waals surface area (Å²) in [4.78, 5) is 27.1. The molecule has 1 aliphatic rings. The summed E-state index contributed by atoms with van der Waals surface area (Å²) in [5.41, 5.74) is -0.578. The average molecular weight is 295 g/mol. The minimum Gasteiger partial charge on any atom is -0.383 e. The van der Waals surface area contributed by atoms with Gasteiger partial charge in [-0.25, -0.2) is 0 Å². The first kappa shape index (κ1) is 17.4. The number of nitrogens with zero attached hydrogens (tertiary/aromatic N) is 3. The van der Waals surface area contributed by atoms with Crippen LogP contribution in [0.4, 0.5) is 0 Å². The molecule has 1 saturated heterocycles. The van der Waals surface area contributed by atoms with Crippen LogP contribution in [0, 0.1) is 22.7 Å². The average Bonchev–Trinajstić information content (AvgIpc) is 2.77. The van der Waals surface area contributed by atoms with Crippen molar-refractivity contribution in [2.45, 2.75) is 46.3 Å². The molecule has 1 rings (SSSR count). The van der Waals surface area contributed by atoms with E-state index in [9.17, 15) is 14.7 Å². The maximum atomic E-state index is 12.2. The first-order valence-electron chi connectivity index (χ1n) is 7.20. The van der Waals surface area contributed by atoms with Crippen molar-refractivity contribution in [3.8, 4) is 6.07 Å². The second-order valence-corrected chi connectivity index (χ2v) is 6.99. The zero-order valence-electron chi connectivity index (χ0n) is 13.5. The molecule has 21 heavy (non-hydrogen) atoms. The fraction of sp³-hybridized carbons (Fsp3) is 0.800. The molecule has 0 saturated carbocycles. The molecule has 0 spiro atoms. The van der Waals surface area contributed by atoms with Crippen LogP contribution in [0.25, 0.3) is 0 Å². The summed E-state index contributed by atoms with van der Waals surface area (Å²) in [6.45, 7) is 7.71. The topological polar surface area (TPSA) is 84.6 Å². The number of carbonyl (C=O) groups excluding carboxylic acids is 2. The first-order valence-corrected chi connectivity index (χ1v) is 7.20. The third kappa shape index (κ3) is 4.18. The molecular formula is C15H25N3O3. The Kier molecular flexibility index (Phi) is 5.35. The molecule has 3 unspecified atom stereocenters. The van der Waals surface area contributed by atoms with Crippen LogP contribution in [0.2, 0.25) is 0 Å². The lowest BCUT2D eigenvalue weighted by Crippen LogP contribution is -2.48. The Morgan fingerprint density at radius 2 is 2.05 bits per heavy atom. The predicted octanol–water partition coefficient (Wildman–Crippen LogP) is 0.612. The number of aliphatic hydroxyl groups excluding tert-OH is 1. The van der Waals surface area contributed by atoms with Crippen molar-refractivity contribution in [3.63, 3.8) is 0 Å². The Labute approximate surface area is 126 Å². The van der Waals surface area contributed by atoms with E-state index in [0.29, 0.717) is 18.9 Å². The summed E-state index contributed by atoms with van der Waals surface area (Å²) in [7, 11) is 1.50. The number of aliphatic hydroxyl groups is 1. The zero-order chi connectivity index (χ0) is 16.4. The number of hydrogen-bond acceptors (Lipinski definition) is 4. The highest BCUT2D eigenvalue weighted by Crippen LogP contribution is 2.23. The lowest BCUT2D eigenvalue weighted by atomic mass is 9.88. The third-order valence-electron chi connectivity index (χ3n) is 3.78. The highest BCUT2D eigenvalue weighted by atomic mass is 16.3. The fourth-order valence-electron chi connectivity index (χ4n) is 2.39. The highest BCUT2D eigenvalue weighted by Gasteiger charge is 2.36. The first-order chi connectivity index (χ1) is 9.57. The SMILES string of the molecule is CC1CC(C#N)N(C(=O)CN(C)C(=O)C(O)C(C)(C)C)C1. The van der Waals surface area contributed by atoms with Gasteiger partial charge in [0.05, 0.1) is 12.6 Å². The normalized spacial score (nSPS) is 23.6. The van der Waals surface area contributed by atoms with Crippen molar-refractivity contribution >= 4 is 11.8 Å². The molecule has 0 aromatic heterocycles. The summed E-state index contributed by atoms with van der Waals surface area (Å²) >= 11 is 0. The summed E-state index contributed by atoms with van der Waals surface area (Å²) in [6, 6.07) is 1.71. The third-order valence-corrected chi connectivity index (χ3v) is 3.78. The molecule has 1 heterocycles. The standard InChI is InChI=1S/C15H25N3O3/c1-10-6-11(7-16)18(8-10)12(19)9-17(5)14(21)13(20)15(2,3)4/h10-11,13,20H,6,8-9H2,1-5H3. The van der Waals surface area contributed by atoms with Crippen molar-refractivity contribution in [3.05, 3.63) is 0 Å². The number of rotatable bonds is 3. The molecule has 6 nitrogen and oxygen atoms in total. The van der Waals surface area contributed by atoms with E-state index in [1.54, 1.807) is 20.8 Å². The molecule has 1 N–H and O–H groups in total. The second kappa shape index (κ2) is 6.44. The predicted molar refractivity (Wildman–Crippen MR) is 78.0 cm³/mol. The summed E-state index contributed by atoms with van der Waals surface area (Å²) < 4.78 is 0. The van der Waals surface area contributed by atoms with Crippen molar-refractivity contribution in [2.24, 2.45) is 11.3 Å². The smallest absolute Gasteiger partial charge is 0.252 e. The molecule has 0 aromatic rings. The number of likely N-dealkylation sites (tertiary alicyclic amines) is 1. The Balaban J connectivity index is 2.67. The van der Waals surface area contributed by atoms with E-state index >= 15 is 0 Å². The summed E-state index contributed by atoms with van der Waals surface area (Å²) in [6.07, 6.45) is -0.482. The maximum Gasteiger partial charge on any atom is 0.252 e. The van der Waals surface area contributed by atoms with E-state index in [0.717, 1.165) is 0 Å². The van der Waals surface area contributed by atoms with Gasteiger partial charge < -0.3 is 14.9 Å². The number of hydrogen-bond donors (Lipinski definition) is 1. The lowest BCUT2D eigenvalue weighted by Gasteiger charge is -2.30. The second-order valence-electron chi connectivity index (χ2n) is 6.99. The minimum atomic E-state index is -1.15. The van der Waals surface area contributed by atoms with Gasteiger partial charge in [-0.15, -0.1) is 0 Å².